The van der Waals surface area contributed by atoms with Crippen LogP contribution in [0, 0.1) is 0 Å². The molecular formula is C33H31ClN4O6. The third kappa shape index (κ3) is 5.85. The summed E-state index contributed by atoms with van der Waals surface area (Å²) < 4.78 is 7.44. The fourth-order valence-electron chi connectivity index (χ4n) is 5.68. The number of β-amino-alcohol motifs (C(OH)–C–C–N with tert-alkyl or cyclic N) is 1. The normalized spacial score (nSPS) is 13.7. The smallest absolute Gasteiger partial charge is 0.257 e. The van der Waals surface area contributed by atoms with Crippen LogP contribution in [0.1, 0.15) is 33.3 Å². The van der Waals surface area contributed by atoms with E-state index in [1.54, 1.807) is 34.9 Å². The molecule has 5 aromatic rings. The first-order valence-corrected chi connectivity index (χ1v) is 14.6. The van der Waals surface area contributed by atoms with E-state index in [9.17, 15) is 24.6 Å². The number of nitrogens with zero attached hydrogens (tertiary/aromatic N) is 3. The second-order valence-electron chi connectivity index (χ2n) is 11.0. The number of hydrogen-bond donors (Lipinski definition) is 3. The summed E-state index contributed by atoms with van der Waals surface area (Å²) in [7, 11) is 1.83. The second kappa shape index (κ2) is 12.3. The van der Waals surface area contributed by atoms with Crippen molar-refractivity contribution >= 4 is 51.0 Å². The number of halogens is 1. The molecule has 3 N–H and O–H groups in total. The molecule has 0 saturated carbocycles. The Labute approximate surface area is 257 Å². The van der Waals surface area contributed by atoms with E-state index in [0.29, 0.717) is 45.1 Å². The summed E-state index contributed by atoms with van der Waals surface area (Å²) in [6.07, 6.45) is 0.529. The third-order valence-corrected chi connectivity index (χ3v) is 8.01. The van der Waals surface area contributed by atoms with Crippen molar-refractivity contribution in [1.82, 2.24) is 14.8 Å². The van der Waals surface area contributed by atoms with Gasteiger partial charge >= 0.3 is 0 Å². The Bertz CT molecular complexity index is 1900. The quantitative estimate of drug-likeness (QED) is 0.218. The zero-order chi connectivity index (χ0) is 31.0. The number of carbonyl (C=O) groups is 2. The molecular weight excluding hydrogens is 584 g/mol. The van der Waals surface area contributed by atoms with Crippen LogP contribution in [0.5, 0.6) is 0 Å². The summed E-state index contributed by atoms with van der Waals surface area (Å²) in [5.74, 6) is -0.378. The molecule has 6 rings (SSSR count). The summed E-state index contributed by atoms with van der Waals surface area (Å²) in [5, 5.41) is 25.1. The van der Waals surface area contributed by atoms with Crippen LogP contribution in [-0.2, 0) is 24.4 Å². The molecule has 44 heavy (non-hydrogen) atoms. The van der Waals surface area contributed by atoms with Gasteiger partial charge in [-0.05, 0) is 54.6 Å². The molecule has 0 aliphatic carbocycles. The highest BCUT2D eigenvalue weighted by Gasteiger charge is 2.29. The summed E-state index contributed by atoms with van der Waals surface area (Å²) >= 11 is 5.96. The van der Waals surface area contributed by atoms with E-state index in [-0.39, 0.29) is 44.3 Å². The molecule has 2 amide bonds. The summed E-state index contributed by atoms with van der Waals surface area (Å²) in [6.45, 7) is 0.494. The largest absolute Gasteiger partial charge is 0.458 e. The molecule has 3 heterocycles. The van der Waals surface area contributed by atoms with Gasteiger partial charge < -0.3 is 29.4 Å². The van der Waals surface area contributed by atoms with Crippen molar-refractivity contribution in [3.63, 3.8) is 0 Å². The van der Waals surface area contributed by atoms with E-state index in [1.165, 1.54) is 11.1 Å². The van der Waals surface area contributed by atoms with Crippen LogP contribution < -0.4 is 15.6 Å². The van der Waals surface area contributed by atoms with Gasteiger partial charge in [0.1, 0.15) is 29.6 Å². The number of pyridine rings is 1. The number of para-hydroxylation sites is 1. The van der Waals surface area contributed by atoms with Crippen LogP contribution in [0.25, 0.3) is 21.9 Å². The van der Waals surface area contributed by atoms with Crippen LogP contribution >= 0.6 is 11.6 Å². The summed E-state index contributed by atoms with van der Waals surface area (Å²) in [6, 6.07) is 19.9. The number of rotatable bonds is 10. The van der Waals surface area contributed by atoms with Gasteiger partial charge in [0.2, 0.25) is 11.3 Å². The van der Waals surface area contributed by atoms with E-state index in [1.807, 2.05) is 48.3 Å². The fourth-order valence-corrected chi connectivity index (χ4v) is 5.80. The molecule has 10 nitrogen and oxygen atoms in total. The minimum Gasteiger partial charge on any atom is -0.458 e. The van der Waals surface area contributed by atoms with Crippen molar-refractivity contribution in [1.29, 1.82) is 0 Å². The number of benzene rings is 3. The summed E-state index contributed by atoms with van der Waals surface area (Å²) in [5.41, 5.74) is 2.67. The molecule has 0 radical (unpaired) electrons. The first-order valence-electron chi connectivity index (χ1n) is 14.2. The molecule has 0 bridgehead atoms. The van der Waals surface area contributed by atoms with Crippen molar-refractivity contribution in [2.45, 2.75) is 25.7 Å². The van der Waals surface area contributed by atoms with Gasteiger partial charge in [0.25, 0.3) is 5.91 Å². The maximum Gasteiger partial charge on any atom is 0.257 e. The van der Waals surface area contributed by atoms with Crippen LogP contribution in [0.4, 0.5) is 5.69 Å². The number of hydrogen-bond acceptors (Lipinski definition) is 7. The number of likely N-dealkylation sites (N-methyl/N-ethyl adjacent to an activating group) is 1. The van der Waals surface area contributed by atoms with E-state index in [4.69, 9.17) is 16.0 Å². The van der Waals surface area contributed by atoms with E-state index < -0.39 is 17.4 Å². The highest BCUT2D eigenvalue weighted by molar-refractivity contribution is 6.30. The standard InChI is InChI=1S/C33H31ClN4O6/c1-36(18-27(40)29-14-22-4-2-3-5-28(22)44-29)16-21-12-24-31-26(13-21)38(10-11-39)30(41)19-37(31)17-25(32(24)42)33(43)35-15-20-6-8-23(34)9-7-20/h2-9,12-14,17,27,39-40H,10-11,15-16,18-19H2,1H3,(H,35,43)/t27-/m1/s1. The number of furan rings is 1. The molecule has 0 unspecified atom stereocenters. The highest BCUT2D eigenvalue weighted by atomic mass is 35.5. The van der Waals surface area contributed by atoms with Crippen molar-refractivity contribution in [3.05, 3.63) is 111 Å². The van der Waals surface area contributed by atoms with Crippen LogP contribution in [0.3, 0.4) is 0 Å². The van der Waals surface area contributed by atoms with Crippen molar-refractivity contribution in [3.8, 4) is 0 Å². The van der Waals surface area contributed by atoms with Gasteiger partial charge in [0, 0.05) is 48.2 Å². The van der Waals surface area contributed by atoms with E-state index in [2.05, 4.69) is 5.32 Å². The topological polar surface area (TPSA) is 128 Å². The Morgan fingerprint density at radius 3 is 2.61 bits per heavy atom. The monoisotopic (exact) mass is 614 g/mol. The number of aromatic nitrogens is 1. The molecule has 3 aromatic carbocycles. The predicted molar refractivity (Wildman–Crippen MR) is 168 cm³/mol. The number of carbonyl (C=O) groups excluding carboxylic acids is 2. The zero-order valence-corrected chi connectivity index (χ0v) is 24.8. The van der Waals surface area contributed by atoms with Gasteiger partial charge in [-0.25, -0.2) is 0 Å². The Morgan fingerprint density at radius 1 is 1.09 bits per heavy atom. The number of aliphatic hydroxyl groups excluding tert-OH is 2. The number of amides is 2. The zero-order valence-electron chi connectivity index (χ0n) is 24.0. The minimum atomic E-state index is -0.896. The number of nitrogens with one attached hydrogen (secondary N) is 1. The third-order valence-electron chi connectivity index (χ3n) is 7.75. The number of anilines is 1. The Balaban J connectivity index is 1.31. The van der Waals surface area contributed by atoms with Gasteiger partial charge in [-0.15, -0.1) is 0 Å². The lowest BCUT2D eigenvalue weighted by Crippen LogP contribution is -2.41. The Hall–Kier alpha value is -4.48. The van der Waals surface area contributed by atoms with Crippen LogP contribution in [0.15, 0.2) is 82.1 Å². The molecule has 1 aliphatic rings. The molecule has 0 fully saturated rings. The molecule has 226 valence electrons. The van der Waals surface area contributed by atoms with Crippen LogP contribution in [-0.4, -0.2) is 58.2 Å². The molecule has 0 saturated heterocycles. The fraction of sp³-hybridized carbons (Fsp3) is 0.242. The lowest BCUT2D eigenvalue weighted by molar-refractivity contribution is -0.119. The molecule has 1 aliphatic heterocycles. The SMILES string of the molecule is CN(Cc1cc2c3c(c1)c(=O)c(C(=O)NCc1ccc(Cl)cc1)cn3CC(=O)N2CCO)C[C@@H](O)c1cc2ccccc2o1. The minimum absolute atomic E-state index is 0.0650. The van der Waals surface area contributed by atoms with Crippen molar-refractivity contribution in [2.75, 3.05) is 31.6 Å². The second-order valence-corrected chi connectivity index (χ2v) is 11.4. The average Bonchev–Trinajstić information content (AvgIpc) is 3.45. The maximum atomic E-state index is 13.8. The van der Waals surface area contributed by atoms with Gasteiger partial charge in [0.15, 0.2) is 0 Å². The molecule has 0 spiro atoms. The molecule has 11 heteroatoms. The number of aliphatic hydroxyl groups is 2. The predicted octanol–water partition coefficient (Wildman–Crippen LogP) is 3.84. The van der Waals surface area contributed by atoms with Gasteiger partial charge in [0.05, 0.1) is 17.8 Å². The first-order chi connectivity index (χ1) is 21.2. The lowest BCUT2D eigenvalue weighted by atomic mass is 10.0. The van der Waals surface area contributed by atoms with Crippen molar-refractivity contribution in [2.24, 2.45) is 0 Å². The first kappa shape index (κ1) is 29.6. The summed E-state index contributed by atoms with van der Waals surface area (Å²) in [4.78, 5) is 43.5. The average molecular weight is 615 g/mol. The molecule has 1 atom stereocenters. The van der Waals surface area contributed by atoms with Gasteiger partial charge in [-0.2, -0.15) is 0 Å². The highest BCUT2D eigenvalue weighted by Crippen LogP contribution is 2.32. The van der Waals surface area contributed by atoms with Crippen LogP contribution in [0.2, 0.25) is 5.02 Å². The lowest BCUT2D eigenvalue weighted by Gasteiger charge is -2.31. The van der Waals surface area contributed by atoms with Gasteiger partial charge in [-0.3, -0.25) is 19.3 Å². The van der Waals surface area contributed by atoms with Crippen molar-refractivity contribution < 1.29 is 24.2 Å². The van der Waals surface area contributed by atoms with E-state index in [0.717, 1.165) is 10.9 Å². The number of fused-ring (bicyclic) bond motifs is 1. The van der Waals surface area contributed by atoms with E-state index >= 15 is 0 Å². The molecule has 2 aromatic heterocycles. The van der Waals surface area contributed by atoms with Gasteiger partial charge in [-0.1, -0.05) is 41.9 Å². The Kier molecular flexibility index (Phi) is 8.24. The Morgan fingerprint density at radius 2 is 1.86 bits per heavy atom. The maximum absolute atomic E-state index is 13.8.